The van der Waals surface area contributed by atoms with E-state index in [0.29, 0.717) is 0 Å². The van der Waals surface area contributed by atoms with Crippen LogP contribution in [0.1, 0.15) is 12.8 Å². The van der Waals surface area contributed by atoms with Gasteiger partial charge in [-0.05, 0) is 50.3 Å². The van der Waals surface area contributed by atoms with Crippen LogP contribution < -0.4 is 0 Å². The molecule has 3 nitrogen and oxygen atoms in total. The molecule has 90 valence electrons. The highest BCUT2D eigenvalue weighted by Crippen LogP contribution is 2.14. The SMILES string of the molecule is S=c1[nH]c2ccccc2n1CCN1CCCC1. The molecule has 0 unspecified atom stereocenters. The molecule has 0 amide bonds. The molecule has 0 spiro atoms. The molecular weight excluding hydrogens is 230 g/mol. The van der Waals surface area contributed by atoms with Crippen LogP contribution in [0.25, 0.3) is 11.0 Å². The van der Waals surface area contributed by atoms with Crippen LogP contribution in [0.2, 0.25) is 0 Å². The molecule has 0 bridgehead atoms. The van der Waals surface area contributed by atoms with Crippen LogP contribution in [0.15, 0.2) is 24.3 Å². The zero-order chi connectivity index (χ0) is 11.7. The first-order valence-corrected chi connectivity index (χ1v) is 6.65. The quantitative estimate of drug-likeness (QED) is 0.843. The number of benzene rings is 1. The zero-order valence-corrected chi connectivity index (χ0v) is 10.7. The fourth-order valence-corrected chi connectivity index (χ4v) is 2.88. The molecule has 1 aromatic heterocycles. The van der Waals surface area contributed by atoms with Crippen molar-refractivity contribution in [3.8, 4) is 0 Å². The predicted molar refractivity (Wildman–Crippen MR) is 72.8 cm³/mol. The monoisotopic (exact) mass is 247 g/mol. The zero-order valence-electron chi connectivity index (χ0n) is 9.85. The first-order valence-electron chi connectivity index (χ1n) is 6.24. The van der Waals surface area contributed by atoms with E-state index in [1.807, 2.05) is 6.07 Å². The minimum absolute atomic E-state index is 0.838. The third-order valence-electron chi connectivity index (χ3n) is 3.52. The third-order valence-corrected chi connectivity index (χ3v) is 3.84. The molecule has 17 heavy (non-hydrogen) atoms. The van der Waals surface area contributed by atoms with Gasteiger partial charge in [-0.15, -0.1) is 0 Å². The summed E-state index contributed by atoms with van der Waals surface area (Å²) in [7, 11) is 0. The van der Waals surface area contributed by atoms with Gasteiger partial charge in [0.15, 0.2) is 4.77 Å². The Kier molecular flexibility index (Phi) is 2.99. The van der Waals surface area contributed by atoms with Crippen molar-refractivity contribution < 1.29 is 0 Å². The average molecular weight is 247 g/mol. The van der Waals surface area contributed by atoms with Crippen molar-refractivity contribution in [1.29, 1.82) is 0 Å². The highest BCUT2D eigenvalue weighted by molar-refractivity contribution is 7.71. The van der Waals surface area contributed by atoms with Crippen LogP contribution in [-0.2, 0) is 6.54 Å². The maximum atomic E-state index is 5.38. The lowest BCUT2D eigenvalue weighted by molar-refractivity contribution is 0.323. The Hall–Kier alpha value is -1.13. The highest BCUT2D eigenvalue weighted by Gasteiger charge is 2.11. The highest BCUT2D eigenvalue weighted by atomic mass is 32.1. The Labute approximate surface area is 106 Å². The fraction of sp³-hybridized carbons (Fsp3) is 0.462. The number of nitrogens with zero attached hydrogens (tertiary/aromatic N) is 2. The van der Waals surface area contributed by atoms with Gasteiger partial charge in [0.2, 0.25) is 0 Å². The van der Waals surface area contributed by atoms with Gasteiger partial charge in [-0.1, -0.05) is 12.1 Å². The molecule has 1 fully saturated rings. The molecule has 2 aromatic rings. The van der Waals surface area contributed by atoms with Gasteiger partial charge < -0.3 is 14.5 Å². The van der Waals surface area contributed by atoms with Crippen molar-refractivity contribution in [2.75, 3.05) is 19.6 Å². The van der Waals surface area contributed by atoms with E-state index in [1.165, 1.54) is 31.4 Å². The van der Waals surface area contributed by atoms with Gasteiger partial charge in [0.05, 0.1) is 11.0 Å². The van der Waals surface area contributed by atoms with Crippen molar-refractivity contribution in [2.45, 2.75) is 19.4 Å². The number of hydrogen-bond donors (Lipinski definition) is 1. The summed E-state index contributed by atoms with van der Waals surface area (Å²) < 4.78 is 3.05. The Morgan fingerprint density at radius 3 is 2.71 bits per heavy atom. The lowest BCUT2D eigenvalue weighted by Crippen LogP contribution is -2.24. The summed E-state index contributed by atoms with van der Waals surface area (Å²) >= 11 is 5.38. The van der Waals surface area contributed by atoms with E-state index in [0.717, 1.165) is 23.4 Å². The summed E-state index contributed by atoms with van der Waals surface area (Å²) in [4.78, 5) is 5.78. The molecule has 0 aliphatic carbocycles. The Bertz CT molecular complexity index is 563. The van der Waals surface area contributed by atoms with Crippen LogP contribution in [0.3, 0.4) is 0 Å². The van der Waals surface area contributed by atoms with Gasteiger partial charge in [0.25, 0.3) is 0 Å². The Morgan fingerprint density at radius 2 is 1.88 bits per heavy atom. The third kappa shape index (κ3) is 2.15. The normalized spacial score (nSPS) is 16.9. The van der Waals surface area contributed by atoms with Gasteiger partial charge in [-0.3, -0.25) is 0 Å². The van der Waals surface area contributed by atoms with Crippen molar-refractivity contribution in [1.82, 2.24) is 14.5 Å². The molecule has 4 heteroatoms. The number of fused-ring (bicyclic) bond motifs is 1. The van der Waals surface area contributed by atoms with Gasteiger partial charge in [-0.25, -0.2) is 0 Å². The number of aromatic amines is 1. The molecule has 3 rings (SSSR count). The number of aromatic nitrogens is 2. The molecule has 1 aliphatic heterocycles. The van der Waals surface area contributed by atoms with E-state index < -0.39 is 0 Å². The molecule has 0 atom stereocenters. The molecule has 1 saturated heterocycles. The maximum absolute atomic E-state index is 5.38. The van der Waals surface area contributed by atoms with Crippen molar-refractivity contribution in [3.63, 3.8) is 0 Å². The van der Waals surface area contributed by atoms with E-state index in [4.69, 9.17) is 12.2 Å². The lowest BCUT2D eigenvalue weighted by Gasteiger charge is -2.14. The van der Waals surface area contributed by atoms with Crippen LogP contribution in [-0.4, -0.2) is 34.1 Å². The van der Waals surface area contributed by atoms with E-state index in [9.17, 15) is 0 Å². The molecule has 1 aromatic carbocycles. The summed E-state index contributed by atoms with van der Waals surface area (Å²) in [6, 6.07) is 8.32. The predicted octanol–water partition coefficient (Wildman–Crippen LogP) is 2.79. The summed E-state index contributed by atoms with van der Waals surface area (Å²) in [6.45, 7) is 4.59. The summed E-state index contributed by atoms with van der Waals surface area (Å²) in [5.41, 5.74) is 2.36. The minimum Gasteiger partial charge on any atom is -0.331 e. The van der Waals surface area contributed by atoms with Crippen LogP contribution in [0.4, 0.5) is 0 Å². The van der Waals surface area contributed by atoms with E-state index in [-0.39, 0.29) is 0 Å². The average Bonchev–Trinajstić information content (AvgIpc) is 2.93. The van der Waals surface area contributed by atoms with E-state index in [2.05, 4.69) is 32.7 Å². The fourth-order valence-electron chi connectivity index (χ4n) is 2.58. The van der Waals surface area contributed by atoms with Crippen LogP contribution in [0.5, 0.6) is 0 Å². The molecule has 0 radical (unpaired) electrons. The summed E-state index contributed by atoms with van der Waals surface area (Å²) in [5.74, 6) is 0. The lowest BCUT2D eigenvalue weighted by atomic mass is 10.3. The first-order chi connectivity index (χ1) is 8.34. The number of H-pyrrole nitrogens is 1. The number of nitrogens with one attached hydrogen (secondary N) is 1. The van der Waals surface area contributed by atoms with E-state index in [1.54, 1.807) is 0 Å². The smallest absolute Gasteiger partial charge is 0.178 e. The summed E-state index contributed by atoms with van der Waals surface area (Å²) in [6.07, 6.45) is 2.69. The first kappa shape index (κ1) is 11.0. The van der Waals surface area contributed by atoms with E-state index >= 15 is 0 Å². The maximum Gasteiger partial charge on any atom is 0.178 e. The molecule has 0 saturated carbocycles. The standard InChI is InChI=1S/C13H17N3S/c17-13-14-11-5-1-2-6-12(11)16(13)10-9-15-7-3-4-8-15/h1-2,5-6H,3-4,7-10H2,(H,14,17). The van der Waals surface area contributed by atoms with Gasteiger partial charge >= 0.3 is 0 Å². The summed E-state index contributed by atoms with van der Waals surface area (Å²) in [5, 5.41) is 0. The number of hydrogen-bond acceptors (Lipinski definition) is 2. The van der Waals surface area contributed by atoms with Crippen molar-refractivity contribution in [2.24, 2.45) is 0 Å². The van der Waals surface area contributed by atoms with Crippen molar-refractivity contribution in [3.05, 3.63) is 29.0 Å². The number of para-hydroxylation sites is 2. The Morgan fingerprint density at radius 1 is 1.12 bits per heavy atom. The molecule has 1 aliphatic rings. The molecule has 1 N–H and O–H groups in total. The largest absolute Gasteiger partial charge is 0.331 e. The number of rotatable bonds is 3. The van der Waals surface area contributed by atoms with Crippen molar-refractivity contribution >= 4 is 23.3 Å². The van der Waals surface area contributed by atoms with Crippen LogP contribution in [0, 0.1) is 4.77 Å². The second-order valence-electron chi connectivity index (χ2n) is 4.65. The Balaban J connectivity index is 1.84. The minimum atomic E-state index is 0.838. The van der Waals surface area contributed by atoms with Gasteiger partial charge in [-0.2, -0.15) is 0 Å². The second-order valence-corrected chi connectivity index (χ2v) is 5.03. The number of likely N-dealkylation sites (tertiary alicyclic amines) is 1. The molecular formula is C13H17N3S. The van der Waals surface area contributed by atoms with Crippen LogP contribution >= 0.6 is 12.2 Å². The number of imidazole rings is 1. The second kappa shape index (κ2) is 4.63. The topological polar surface area (TPSA) is 24.0 Å². The van der Waals surface area contributed by atoms with Gasteiger partial charge in [0.1, 0.15) is 0 Å². The van der Waals surface area contributed by atoms with Gasteiger partial charge in [0, 0.05) is 13.1 Å². The molecule has 2 heterocycles.